The van der Waals surface area contributed by atoms with E-state index < -0.39 is 0 Å². The lowest BCUT2D eigenvalue weighted by Gasteiger charge is -2.14. The first-order chi connectivity index (χ1) is 10.8. The number of hydrogen-bond donors (Lipinski definition) is 0. The summed E-state index contributed by atoms with van der Waals surface area (Å²) in [7, 11) is 0. The Hall–Kier alpha value is -0.850. The topological polar surface area (TPSA) is 3.88 Å². The minimum absolute atomic E-state index is 1.20. The van der Waals surface area contributed by atoms with E-state index in [4.69, 9.17) is 0 Å². The molecule has 22 heavy (non-hydrogen) atoms. The molecule has 1 heteroatoms. The predicted molar refractivity (Wildman–Crippen MR) is 97.4 cm³/mol. The highest BCUT2D eigenvalue weighted by molar-refractivity contribution is 5.28. The minimum atomic E-state index is 1.20. The van der Waals surface area contributed by atoms with Crippen molar-refractivity contribution < 1.29 is 4.57 Å². The molecule has 1 nitrogen and oxygen atoms in total. The number of rotatable bonds is 12. The minimum Gasteiger partial charge on any atom is -0.202 e. The van der Waals surface area contributed by atoms with Gasteiger partial charge in [0.05, 0.1) is 0 Å². The Balaban J connectivity index is 3.11. The zero-order valence-electron chi connectivity index (χ0n) is 15.6. The summed E-state index contributed by atoms with van der Waals surface area (Å²) in [5, 5.41) is 0. The van der Waals surface area contributed by atoms with E-state index in [9.17, 15) is 0 Å². The molecule has 0 saturated carbocycles. The molecule has 0 fully saturated rings. The van der Waals surface area contributed by atoms with Crippen LogP contribution in [0.25, 0.3) is 0 Å². The molecular weight excluding hydrogens is 266 g/mol. The third kappa shape index (κ3) is 6.10. The highest BCUT2D eigenvalue weighted by Crippen LogP contribution is 2.19. The second-order valence-electron chi connectivity index (χ2n) is 6.62. The molecule has 1 rings (SSSR count). The van der Waals surface area contributed by atoms with Crippen LogP contribution in [0.4, 0.5) is 0 Å². The molecule has 0 bridgehead atoms. The molecule has 1 aromatic heterocycles. The Bertz CT molecular complexity index is 370. The second kappa shape index (κ2) is 11.7. The fourth-order valence-corrected chi connectivity index (χ4v) is 3.17. The number of nitrogens with zero attached hydrogens (tertiary/aromatic N) is 1. The van der Waals surface area contributed by atoms with Crippen LogP contribution in [0.1, 0.15) is 95.9 Å². The quantitative estimate of drug-likeness (QED) is 0.429. The summed E-state index contributed by atoms with van der Waals surface area (Å²) in [6.07, 6.45) is 16.6. The van der Waals surface area contributed by atoms with Crippen LogP contribution in [0, 0.1) is 0 Å². The van der Waals surface area contributed by atoms with Gasteiger partial charge in [-0.25, -0.2) is 4.57 Å². The SMILES string of the molecule is CCCCc1cc[n+](CCCC)c(CCCC)c1CCCC. The van der Waals surface area contributed by atoms with Crippen molar-refractivity contribution in [2.24, 2.45) is 0 Å². The van der Waals surface area contributed by atoms with Crippen LogP contribution in [0.5, 0.6) is 0 Å². The van der Waals surface area contributed by atoms with E-state index in [0.29, 0.717) is 0 Å². The summed E-state index contributed by atoms with van der Waals surface area (Å²) in [5.41, 5.74) is 4.98. The monoisotopic (exact) mass is 304 g/mol. The van der Waals surface area contributed by atoms with Crippen molar-refractivity contribution in [1.29, 1.82) is 0 Å². The Kier molecular flexibility index (Phi) is 10.2. The zero-order chi connectivity index (χ0) is 16.2. The van der Waals surface area contributed by atoms with Gasteiger partial charge >= 0.3 is 0 Å². The van der Waals surface area contributed by atoms with Gasteiger partial charge in [-0.15, -0.1) is 0 Å². The molecule has 0 aliphatic heterocycles. The van der Waals surface area contributed by atoms with Gasteiger partial charge in [0.1, 0.15) is 6.54 Å². The van der Waals surface area contributed by atoms with Gasteiger partial charge in [-0.1, -0.05) is 53.4 Å². The molecule has 1 aromatic rings. The van der Waals surface area contributed by atoms with E-state index in [1.165, 1.54) is 77.2 Å². The summed E-state index contributed by atoms with van der Waals surface area (Å²) in [5.74, 6) is 0. The van der Waals surface area contributed by atoms with Crippen molar-refractivity contribution in [2.75, 3.05) is 0 Å². The molecule has 0 saturated heterocycles. The van der Waals surface area contributed by atoms with E-state index in [-0.39, 0.29) is 0 Å². The van der Waals surface area contributed by atoms with E-state index in [1.807, 2.05) is 0 Å². The van der Waals surface area contributed by atoms with Crippen molar-refractivity contribution in [3.63, 3.8) is 0 Å². The summed E-state index contributed by atoms with van der Waals surface area (Å²) in [6.45, 7) is 10.4. The molecule has 0 spiro atoms. The number of aromatic nitrogens is 1. The van der Waals surface area contributed by atoms with Crippen molar-refractivity contribution >= 4 is 0 Å². The van der Waals surface area contributed by atoms with Crippen LogP contribution in [-0.2, 0) is 25.8 Å². The maximum Gasteiger partial charge on any atom is 0.184 e. The smallest absolute Gasteiger partial charge is 0.184 e. The molecule has 126 valence electrons. The summed E-state index contributed by atoms with van der Waals surface area (Å²) < 4.78 is 2.57. The van der Waals surface area contributed by atoms with Gasteiger partial charge in [-0.3, -0.25) is 0 Å². The Morgan fingerprint density at radius 2 is 1.32 bits per heavy atom. The van der Waals surface area contributed by atoms with Gasteiger partial charge in [0.25, 0.3) is 0 Å². The van der Waals surface area contributed by atoms with Gasteiger partial charge in [0.15, 0.2) is 11.9 Å². The lowest BCUT2D eigenvalue weighted by Crippen LogP contribution is -2.40. The van der Waals surface area contributed by atoms with Gasteiger partial charge in [-0.2, -0.15) is 0 Å². The van der Waals surface area contributed by atoms with Gasteiger partial charge in [0.2, 0.25) is 0 Å². The zero-order valence-corrected chi connectivity index (χ0v) is 15.6. The van der Waals surface area contributed by atoms with Crippen LogP contribution in [0.3, 0.4) is 0 Å². The molecule has 1 heterocycles. The fraction of sp³-hybridized carbons (Fsp3) is 0.762. The lowest BCUT2D eigenvalue weighted by molar-refractivity contribution is -0.705. The molecule has 0 aromatic carbocycles. The first-order valence-electron chi connectivity index (χ1n) is 9.81. The van der Waals surface area contributed by atoms with Crippen LogP contribution < -0.4 is 4.57 Å². The fourth-order valence-electron chi connectivity index (χ4n) is 3.17. The summed E-state index contributed by atoms with van der Waals surface area (Å²) in [6, 6.07) is 2.42. The highest BCUT2D eigenvalue weighted by Gasteiger charge is 2.18. The van der Waals surface area contributed by atoms with Gasteiger partial charge in [-0.05, 0) is 37.7 Å². The molecule has 0 aliphatic carbocycles. The molecular formula is C21H38N+. The van der Waals surface area contributed by atoms with E-state index >= 15 is 0 Å². The highest BCUT2D eigenvalue weighted by atomic mass is 15.0. The van der Waals surface area contributed by atoms with Crippen molar-refractivity contribution in [2.45, 2.75) is 105 Å². The third-order valence-electron chi connectivity index (χ3n) is 4.64. The first-order valence-corrected chi connectivity index (χ1v) is 9.81. The van der Waals surface area contributed by atoms with E-state index in [0.717, 1.165) is 0 Å². The average Bonchev–Trinajstić information content (AvgIpc) is 2.55. The van der Waals surface area contributed by atoms with Crippen LogP contribution in [0.15, 0.2) is 12.3 Å². The van der Waals surface area contributed by atoms with E-state index in [2.05, 4.69) is 44.5 Å². The maximum atomic E-state index is 2.57. The van der Waals surface area contributed by atoms with Crippen LogP contribution in [-0.4, -0.2) is 0 Å². The number of pyridine rings is 1. The maximum absolute atomic E-state index is 2.57. The van der Waals surface area contributed by atoms with Crippen molar-refractivity contribution in [3.05, 3.63) is 29.1 Å². The number of unbranched alkanes of at least 4 members (excludes halogenated alkanes) is 4. The Morgan fingerprint density at radius 1 is 0.727 bits per heavy atom. The predicted octanol–water partition coefficient (Wildman–Crippen LogP) is 5.80. The van der Waals surface area contributed by atoms with Gasteiger partial charge < -0.3 is 0 Å². The Morgan fingerprint density at radius 3 is 1.95 bits per heavy atom. The molecule has 0 radical (unpaired) electrons. The Labute approximate surface area is 139 Å². The normalized spacial score (nSPS) is 11.1. The summed E-state index contributed by atoms with van der Waals surface area (Å²) >= 11 is 0. The van der Waals surface area contributed by atoms with E-state index in [1.54, 1.807) is 16.8 Å². The van der Waals surface area contributed by atoms with Gasteiger partial charge in [0, 0.05) is 24.5 Å². The van der Waals surface area contributed by atoms with Crippen molar-refractivity contribution in [1.82, 2.24) is 0 Å². The molecule has 0 atom stereocenters. The average molecular weight is 305 g/mol. The summed E-state index contributed by atoms with van der Waals surface area (Å²) in [4.78, 5) is 0. The molecule has 0 aliphatic rings. The lowest BCUT2D eigenvalue weighted by atomic mass is 9.94. The molecule has 0 unspecified atom stereocenters. The van der Waals surface area contributed by atoms with Crippen molar-refractivity contribution in [3.8, 4) is 0 Å². The number of aryl methyl sites for hydroxylation is 2. The number of hydrogen-bond acceptors (Lipinski definition) is 0. The first kappa shape index (κ1) is 19.2. The molecule has 0 N–H and O–H groups in total. The second-order valence-corrected chi connectivity index (χ2v) is 6.62. The molecule has 0 amide bonds. The van der Waals surface area contributed by atoms with Crippen LogP contribution >= 0.6 is 0 Å². The van der Waals surface area contributed by atoms with Crippen LogP contribution in [0.2, 0.25) is 0 Å². The largest absolute Gasteiger partial charge is 0.202 e. The standard InChI is InChI=1S/C21H38N/c1-5-9-13-19-16-18-22(17-12-8-4)21(15-11-7-3)20(19)14-10-6-2/h16,18H,5-15,17H2,1-4H3/q+1. The third-order valence-corrected chi connectivity index (χ3v) is 4.64.